The van der Waals surface area contributed by atoms with Crippen molar-refractivity contribution in [1.29, 1.82) is 0 Å². The van der Waals surface area contributed by atoms with Crippen LogP contribution in [0, 0.1) is 0 Å². The molecule has 0 radical (unpaired) electrons. The first-order valence-electron chi connectivity index (χ1n) is 8.81. The Morgan fingerprint density at radius 3 is 2.59 bits per heavy atom. The van der Waals surface area contributed by atoms with E-state index in [1.165, 1.54) is 6.26 Å². The molecule has 0 bridgehead atoms. The second kappa shape index (κ2) is 9.38. The minimum absolute atomic E-state index is 0.0721. The molecular formula is C20H21N3O4. The molecule has 0 saturated carbocycles. The fourth-order valence-corrected chi connectivity index (χ4v) is 2.52. The maximum atomic E-state index is 11.8. The zero-order chi connectivity index (χ0) is 18.9. The van der Waals surface area contributed by atoms with Gasteiger partial charge in [-0.15, -0.1) is 0 Å². The van der Waals surface area contributed by atoms with Crippen LogP contribution in [-0.2, 0) is 11.2 Å². The van der Waals surface area contributed by atoms with Crippen molar-refractivity contribution in [2.75, 3.05) is 13.1 Å². The molecule has 0 aliphatic heterocycles. The number of nitrogens with one attached hydrogen (secondary N) is 2. The summed E-state index contributed by atoms with van der Waals surface area (Å²) in [6, 6.07) is 13.0. The summed E-state index contributed by atoms with van der Waals surface area (Å²) < 4.78 is 10.7. The molecule has 2 N–H and O–H groups in total. The molecule has 0 aliphatic carbocycles. The topological polar surface area (TPSA) is 97.4 Å². The van der Waals surface area contributed by atoms with Crippen molar-refractivity contribution in [3.05, 3.63) is 66.6 Å². The van der Waals surface area contributed by atoms with Crippen LogP contribution in [0.3, 0.4) is 0 Å². The van der Waals surface area contributed by atoms with Crippen LogP contribution < -0.4 is 10.6 Å². The summed E-state index contributed by atoms with van der Waals surface area (Å²) in [6.07, 6.45) is 4.74. The standard InChI is InChI=1S/C20H21N3O4/c24-18(21-11-12-22-20(25)16-8-5-13-26-16)9-4-10-19-23-14-17(27-19)15-6-2-1-3-7-15/h1-3,5-8,13-14H,4,9-12H2,(H,21,24)(H,22,25). The van der Waals surface area contributed by atoms with Gasteiger partial charge in [-0.25, -0.2) is 4.98 Å². The summed E-state index contributed by atoms with van der Waals surface area (Å²) in [6.45, 7) is 0.702. The van der Waals surface area contributed by atoms with Crippen LogP contribution in [0.2, 0.25) is 0 Å². The van der Waals surface area contributed by atoms with E-state index in [0.29, 0.717) is 38.2 Å². The average molecular weight is 367 g/mol. The fraction of sp³-hybridized carbons (Fsp3) is 0.250. The lowest BCUT2D eigenvalue weighted by Crippen LogP contribution is -2.34. The van der Waals surface area contributed by atoms with E-state index in [1.54, 1.807) is 18.3 Å². The molecule has 0 unspecified atom stereocenters. The normalized spacial score (nSPS) is 10.5. The predicted octanol–water partition coefficient (Wildman–Crippen LogP) is 2.80. The lowest BCUT2D eigenvalue weighted by Gasteiger charge is -2.05. The summed E-state index contributed by atoms with van der Waals surface area (Å²) >= 11 is 0. The third-order valence-electron chi connectivity index (χ3n) is 3.88. The number of aromatic nitrogens is 1. The minimum Gasteiger partial charge on any atom is -0.459 e. The third-order valence-corrected chi connectivity index (χ3v) is 3.88. The lowest BCUT2D eigenvalue weighted by atomic mass is 10.2. The number of carbonyl (C=O) groups excluding carboxylic acids is 2. The van der Waals surface area contributed by atoms with Crippen LogP contribution in [0.5, 0.6) is 0 Å². The Morgan fingerprint density at radius 1 is 1.00 bits per heavy atom. The van der Waals surface area contributed by atoms with E-state index in [-0.39, 0.29) is 17.6 Å². The van der Waals surface area contributed by atoms with E-state index in [9.17, 15) is 9.59 Å². The first-order chi connectivity index (χ1) is 13.2. The van der Waals surface area contributed by atoms with Gasteiger partial charge < -0.3 is 19.5 Å². The minimum atomic E-state index is -0.299. The van der Waals surface area contributed by atoms with Gasteiger partial charge in [0.1, 0.15) is 0 Å². The average Bonchev–Trinajstić information content (AvgIpc) is 3.38. The number of oxazole rings is 1. The molecule has 3 aromatic rings. The van der Waals surface area contributed by atoms with Crippen LogP contribution in [0.4, 0.5) is 0 Å². The van der Waals surface area contributed by atoms with Crippen molar-refractivity contribution in [3.8, 4) is 11.3 Å². The van der Waals surface area contributed by atoms with Crippen LogP contribution in [-0.4, -0.2) is 29.9 Å². The Morgan fingerprint density at radius 2 is 1.81 bits per heavy atom. The highest BCUT2D eigenvalue weighted by Gasteiger charge is 2.09. The van der Waals surface area contributed by atoms with Gasteiger partial charge in [0.25, 0.3) is 5.91 Å². The van der Waals surface area contributed by atoms with E-state index in [2.05, 4.69) is 15.6 Å². The van der Waals surface area contributed by atoms with Gasteiger partial charge in [-0.1, -0.05) is 30.3 Å². The summed E-state index contributed by atoms with van der Waals surface area (Å²) in [5.41, 5.74) is 0.977. The van der Waals surface area contributed by atoms with Gasteiger partial charge >= 0.3 is 0 Å². The highest BCUT2D eigenvalue weighted by molar-refractivity contribution is 5.91. The lowest BCUT2D eigenvalue weighted by molar-refractivity contribution is -0.121. The Bertz CT molecular complexity index is 857. The molecule has 2 heterocycles. The van der Waals surface area contributed by atoms with E-state index < -0.39 is 0 Å². The van der Waals surface area contributed by atoms with Crippen molar-refractivity contribution < 1.29 is 18.4 Å². The molecule has 3 rings (SSSR count). The Balaban J connectivity index is 1.31. The number of furan rings is 1. The summed E-state index contributed by atoms with van der Waals surface area (Å²) in [5, 5.41) is 5.43. The van der Waals surface area contributed by atoms with Crippen molar-refractivity contribution in [1.82, 2.24) is 15.6 Å². The second-order valence-electron chi connectivity index (χ2n) is 5.92. The number of hydrogen-bond acceptors (Lipinski definition) is 5. The molecule has 7 nitrogen and oxygen atoms in total. The predicted molar refractivity (Wildman–Crippen MR) is 98.9 cm³/mol. The smallest absolute Gasteiger partial charge is 0.287 e. The SMILES string of the molecule is O=C(CCCc1ncc(-c2ccccc2)o1)NCCNC(=O)c1ccco1. The number of hydrogen-bond donors (Lipinski definition) is 2. The number of rotatable bonds is 9. The molecule has 2 aromatic heterocycles. The number of carbonyl (C=O) groups is 2. The zero-order valence-corrected chi connectivity index (χ0v) is 14.8. The Labute approximate surface area is 156 Å². The molecule has 2 amide bonds. The highest BCUT2D eigenvalue weighted by atomic mass is 16.4. The van der Waals surface area contributed by atoms with Gasteiger partial charge in [0.15, 0.2) is 17.4 Å². The number of nitrogens with zero attached hydrogens (tertiary/aromatic N) is 1. The first-order valence-corrected chi connectivity index (χ1v) is 8.81. The monoisotopic (exact) mass is 367 g/mol. The Hall–Kier alpha value is -3.35. The molecule has 0 fully saturated rings. The maximum Gasteiger partial charge on any atom is 0.287 e. The van der Waals surface area contributed by atoms with E-state index in [1.807, 2.05) is 30.3 Å². The molecule has 1 aromatic carbocycles. The number of amides is 2. The number of aryl methyl sites for hydroxylation is 1. The first kappa shape index (κ1) is 18.4. The van der Waals surface area contributed by atoms with Crippen molar-refractivity contribution in [2.24, 2.45) is 0 Å². The van der Waals surface area contributed by atoms with Crippen LogP contribution >= 0.6 is 0 Å². The van der Waals surface area contributed by atoms with Gasteiger partial charge in [-0.2, -0.15) is 0 Å². The van der Waals surface area contributed by atoms with Crippen molar-refractivity contribution in [3.63, 3.8) is 0 Å². The fourth-order valence-electron chi connectivity index (χ4n) is 2.52. The number of benzene rings is 1. The van der Waals surface area contributed by atoms with Gasteiger partial charge in [0.05, 0.1) is 12.5 Å². The largest absolute Gasteiger partial charge is 0.459 e. The van der Waals surface area contributed by atoms with Crippen LogP contribution in [0.1, 0.15) is 29.3 Å². The molecule has 27 heavy (non-hydrogen) atoms. The van der Waals surface area contributed by atoms with E-state index >= 15 is 0 Å². The molecular weight excluding hydrogens is 346 g/mol. The summed E-state index contributed by atoms with van der Waals surface area (Å²) in [4.78, 5) is 27.7. The van der Waals surface area contributed by atoms with E-state index in [0.717, 1.165) is 11.3 Å². The summed E-state index contributed by atoms with van der Waals surface area (Å²) in [5.74, 6) is 1.22. The second-order valence-corrected chi connectivity index (χ2v) is 5.92. The molecule has 140 valence electrons. The molecule has 0 spiro atoms. The molecule has 0 atom stereocenters. The van der Waals surface area contributed by atoms with Gasteiger partial charge in [-0.05, 0) is 18.6 Å². The van der Waals surface area contributed by atoms with Crippen LogP contribution in [0.25, 0.3) is 11.3 Å². The molecule has 0 saturated heterocycles. The highest BCUT2D eigenvalue weighted by Crippen LogP contribution is 2.20. The van der Waals surface area contributed by atoms with Crippen molar-refractivity contribution >= 4 is 11.8 Å². The third kappa shape index (κ3) is 5.57. The van der Waals surface area contributed by atoms with Gasteiger partial charge in [0, 0.05) is 31.5 Å². The van der Waals surface area contributed by atoms with E-state index in [4.69, 9.17) is 8.83 Å². The maximum absolute atomic E-state index is 11.8. The zero-order valence-electron chi connectivity index (χ0n) is 14.8. The van der Waals surface area contributed by atoms with Crippen molar-refractivity contribution in [2.45, 2.75) is 19.3 Å². The Kier molecular flexibility index (Phi) is 6.40. The van der Waals surface area contributed by atoms with Crippen LogP contribution in [0.15, 0.2) is 63.8 Å². The summed E-state index contributed by atoms with van der Waals surface area (Å²) in [7, 11) is 0. The van der Waals surface area contributed by atoms with Gasteiger partial charge in [-0.3, -0.25) is 9.59 Å². The molecule has 7 heteroatoms. The molecule has 0 aliphatic rings. The van der Waals surface area contributed by atoms with Gasteiger partial charge in [0.2, 0.25) is 5.91 Å². The quantitative estimate of drug-likeness (QED) is 0.567.